The van der Waals surface area contributed by atoms with Crippen LogP contribution in [0.2, 0.25) is 0 Å². The summed E-state index contributed by atoms with van der Waals surface area (Å²) in [6, 6.07) is 3.47. The summed E-state index contributed by atoms with van der Waals surface area (Å²) in [5.41, 5.74) is -0.0744. The number of anilines is 3. The highest BCUT2D eigenvalue weighted by Crippen LogP contribution is 2.32. The van der Waals surface area contributed by atoms with Gasteiger partial charge in [0.25, 0.3) is 5.91 Å². The van der Waals surface area contributed by atoms with Crippen LogP contribution in [0.25, 0.3) is 5.65 Å². The van der Waals surface area contributed by atoms with E-state index in [0.29, 0.717) is 5.82 Å². The van der Waals surface area contributed by atoms with Gasteiger partial charge in [-0.25, -0.2) is 9.97 Å². The third-order valence-electron chi connectivity index (χ3n) is 4.10. The highest BCUT2D eigenvalue weighted by molar-refractivity contribution is 6.00. The monoisotopic (exact) mass is 377 g/mol. The Kier molecular flexibility index (Phi) is 3.86. The highest BCUT2D eigenvalue weighted by Gasteiger charge is 2.32. The third-order valence-corrected chi connectivity index (χ3v) is 4.10. The van der Waals surface area contributed by atoms with E-state index in [1.165, 1.54) is 10.7 Å². The summed E-state index contributed by atoms with van der Waals surface area (Å²) in [4.78, 5) is 20.9. The lowest BCUT2D eigenvalue weighted by atomic mass is 10.1. The summed E-state index contributed by atoms with van der Waals surface area (Å²) in [6.45, 7) is 0.127. The molecule has 8 nitrogen and oxygen atoms in total. The van der Waals surface area contributed by atoms with E-state index in [-0.39, 0.29) is 41.5 Å². The average molecular weight is 377 g/mol. The molecule has 0 unspecified atom stereocenters. The predicted molar refractivity (Wildman–Crippen MR) is 91.1 cm³/mol. The second-order valence-electron chi connectivity index (χ2n) is 5.93. The van der Waals surface area contributed by atoms with Crippen LogP contribution in [0.4, 0.5) is 30.6 Å². The van der Waals surface area contributed by atoms with Gasteiger partial charge in [-0.3, -0.25) is 4.79 Å². The molecule has 1 aliphatic rings. The van der Waals surface area contributed by atoms with Crippen molar-refractivity contribution in [3.05, 3.63) is 41.2 Å². The molecular weight excluding hydrogens is 363 g/mol. The summed E-state index contributed by atoms with van der Waals surface area (Å²) in [5, 5.41) is 12.5. The maximum atomic E-state index is 13.2. The van der Waals surface area contributed by atoms with E-state index in [1.807, 2.05) is 0 Å². The molecule has 3 N–H and O–H groups in total. The van der Waals surface area contributed by atoms with Gasteiger partial charge in [-0.1, -0.05) is 0 Å². The molecule has 0 radical (unpaired) electrons. The minimum atomic E-state index is -4.51. The molecular formula is C16H14F3N7O. The van der Waals surface area contributed by atoms with E-state index in [4.69, 9.17) is 0 Å². The number of pyridine rings is 1. The van der Waals surface area contributed by atoms with Gasteiger partial charge < -0.3 is 16.0 Å². The molecule has 0 fully saturated rings. The zero-order chi connectivity index (χ0) is 19.2. The number of aromatic nitrogens is 4. The van der Waals surface area contributed by atoms with Gasteiger partial charge in [0.2, 0.25) is 0 Å². The van der Waals surface area contributed by atoms with Gasteiger partial charge in [-0.15, -0.1) is 0 Å². The average Bonchev–Trinajstić information content (AvgIpc) is 3.03. The second-order valence-corrected chi connectivity index (χ2v) is 5.93. The van der Waals surface area contributed by atoms with Crippen molar-refractivity contribution in [2.24, 2.45) is 0 Å². The molecule has 1 amide bonds. The number of hydrogen-bond acceptors (Lipinski definition) is 6. The van der Waals surface area contributed by atoms with Gasteiger partial charge in [0.15, 0.2) is 5.65 Å². The van der Waals surface area contributed by atoms with Gasteiger partial charge in [0.1, 0.15) is 23.0 Å². The molecule has 27 heavy (non-hydrogen) atoms. The number of amides is 1. The summed E-state index contributed by atoms with van der Waals surface area (Å²) in [7, 11) is 1.66. The quantitative estimate of drug-likeness (QED) is 0.602. The van der Waals surface area contributed by atoms with Crippen molar-refractivity contribution >= 4 is 29.0 Å². The van der Waals surface area contributed by atoms with E-state index in [2.05, 4.69) is 31.0 Å². The van der Waals surface area contributed by atoms with Crippen LogP contribution in [0.1, 0.15) is 21.6 Å². The Labute approximate surface area is 150 Å². The zero-order valence-corrected chi connectivity index (χ0v) is 14.1. The van der Waals surface area contributed by atoms with Gasteiger partial charge in [0, 0.05) is 31.8 Å². The minimum absolute atomic E-state index is 0.0201. The smallest absolute Gasteiger partial charge is 0.373 e. The first-order valence-electron chi connectivity index (χ1n) is 8.05. The number of halogens is 3. The van der Waals surface area contributed by atoms with Crippen molar-refractivity contribution in [2.75, 3.05) is 24.2 Å². The van der Waals surface area contributed by atoms with Crippen LogP contribution in [0.5, 0.6) is 0 Å². The lowest BCUT2D eigenvalue weighted by Crippen LogP contribution is -2.26. The first-order chi connectivity index (χ1) is 12.8. The molecule has 11 heteroatoms. The molecule has 0 saturated carbocycles. The maximum absolute atomic E-state index is 13.2. The van der Waals surface area contributed by atoms with Crippen molar-refractivity contribution in [1.29, 1.82) is 0 Å². The van der Waals surface area contributed by atoms with Crippen molar-refractivity contribution in [3.8, 4) is 0 Å². The first-order valence-corrected chi connectivity index (χ1v) is 8.05. The number of carbonyl (C=O) groups is 1. The fourth-order valence-corrected chi connectivity index (χ4v) is 2.84. The van der Waals surface area contributed by atoms with Crippen molar-refractivity contribution in [3.63, 3.8) is 0 Å². The van der Waals surface area contributed by atoms with Gasteiger partial charge in [-0.2, -0.15) is 22.8 Å². The van der Waals surface area contributed by atoms with Crippen LogP contribution in [0.15, 0.2) is 24.4 Å². The number of nitrogens with one attached hydrogen (secondary N) is 3. The summed E-state index contributed by atoms with van der Waals surface area (Å²) in [6.07, 6.45) is -2.97. The molecule has 140 valence electrons. The van der Waals surface area contributed by atoms with Crippen LogP contribution in [0.3, 0.4) is 0 Å². The molecule has 1 aliphatic heterocycles. The van der Waals surface area contributed by atoms with Gasteiger partial charge >= 0.3 is 6.18 Å². The Morgan fingerprint density at radius 2 is 1.96 bits per heavy atom. The maximum Gasteiger partial charge on any atom is 0.416 e. The first kappa shape index (κ1) is 17.1. The second kappa shape index (κ2) is 6.11. The van der Waals surface area contributed by atoms with E-state index in [0.717, 1.165) is 12.1 Å². The van der Waals surface area contributed by atoms with Crippen LogP contribution in [-0.4, -0.2) is 39.1 Å². The van der Waals surface area contributed by atoms with Gasteiger partial charge in [-0.05, 0) is 12.1 Å². The number of alkyl halides is 3. The normalized spacial score (nSPS) is 14.3. The van der Waals surface area contributed by atoms with Gasteiger partial charge in [0.05, 0.1) is 11.8 Å². The number of hydrogen-bond donors (Lipinski definition) is 3. The molecule has 3 aromatic rings. The molecule has 0 atom stereocenters. The van der Waals surface area contributed by atoms with Crippen LogP contribution in [-0.2, 0) is 12.6 Å². The molecule has 0 saturated heterocycles. The molecule has 4 bridgehead atoms. The fourth-order valence-electron chi connectivity index (χ4n) is 2.84. The number of fused-ring (bicyclic) bond motifs is 3. The number of carbonyl (C=O) groups excluding carboxylic acids is 1. The van der Waals surface area contributed by atoms with E-state index in [1.54, 1.807) is 13.1 Å². The predicted octanol–water partition coefficient (Wildman–Crippen LogP) is 2.21. The standard InChI is InChI=1S/C16H14F3N7O/c1-20-13-6-12-24-11-5-8(16(17,18)19)4-9(23-11)2-3-21-15(27)10-7-22-26(13)14(10)25-12/h4-7,20H,2-3H2,1H3,(H,21,27)(H,23,24,25). The van der Waals surface area contributed by atoms with Crippen LogP contribution in [0, 0.1) is 0 Å². The zero-order valence-electron chi connectivity index (χ0n) is 14.1. The minimum Gasteiger partial charge on any atom is -0.373 e. The molecule has 0 spiro atoms. The van der Waals surface area contributed by atoms with Crippen molar-refractivity contribution < 1.29 is 18.0 Å². The van der Waals surface area contributed by atoms with E-state index >= 15 is 0 Å². The molecule has 4 heterocycles. The molecule has 3 aromatic heterocycles. The topological polar surface area (TPSA) is 96.2 Å². The Bertz CT molecular complexity index is 1040. The van der Waals surface area contributed by atoms with E-state index < -0.39 is 17.6 Å². The lowest BCUT2D eigenvalue weighted by Gasteiger charge is -2.15. The lowest BCUT2D eigenvalue weighted by molar-refractivity contribution is -0.137. The highest BCUT2D eigenvalue weighted by atomic mass is 19.4. The summed E-state index contributed by atoms with van der Waals surface area (Å²) < 4.78 is 41.1. The summed E-state index contributed by atoms with van der Waals surface area (Å²) in [5.74, 6) is 0.349. The molecule has 4 rings (SSSR count). The Hall–Kier alpha value is -3.37. The number of rotatable bonds is 1. The Morgan fingerprint density at radius 3 is 2.70 bits per heavy atom. The molecule has 0 aromatic carbocycles. The Balaban J connectivity index is 1.90. The largest absolute Gasteiger partial charge is 0.416 e. The fraction of sp³-hybridized carbons (Fsp3) is 0.250. The van der Waals surface area contributed by atoms with Crippen molar-refractivity contribution in [2.45, 2.75) is 12.6 Å². The van der Waals surface area contributed by atoms with Crippen LogP contribution < -0.4 is 16.0 Å². The molecule has 0 aliphatic carbocycles. The SMILES string of the molecule is CNc1cc2nc3c(cnn13)C(=O)NCCc1cc(C(F)(F)F)cc(n1)N2. The third kappa shape index (κ3) is 3.11. The number of nitrogens with zero attached hydrogens (tertiary/aromatic N) is 4. The van der Waals surface area contributed by atoms with E-state index in [9.17, 15) is 18.0 Å². The Morgan fingerprint density at radius 1 is 1.19 bits per heavy atom. The summed E-state index contributed by atoms with van der Waals surface area (Å²) >= 11 is 0. The van der Waals surface area contributed by atoms with Crippen LogP contribution >= 0.6 is 0 Å². The van der Waals surface area contributed by atoms with Crippen molar-refractivity contribution in [1.82, 2.24) is 24.9 Å².